The first kappa shape index (κ1) is 11.4. The molecule has 18 heavy (non-hydrogen) atoms. The summed E-state index contributed by atoms with van der Waals surface area (Å²) in [5.41, 5.74) is 1.36. The molecule has 0 nitrogen and oxygen atoms in total. The topological polar surface area (TPSA) is 0 Å². The van der Waals surface area contributed by atoms with Crippen molar-refractivity contribution in [3.8, 4) is 0 Å². The fourth-order valence-electron chi connectivity index (χ4n) is 3.36. The summed E-state index contributed by atoms with van der Waals surface area (Å²) >= 11 is 0. The van der Waals surface area contributed by atoms with Gasteiger partial charge in [-0.25, -0.2) is 0 Å². The second-order valence-corrected chi connectivity index (χ2v) is 5.13. The standard InChI is InChI=1S/C18H17/c1-2-8-15-13-14-18(15,17-11-6-7-12-17)16-9-4-3-5-10-16/h2-4,6-8,11-12,15,17H,13-14H2,1H3/b8-2-. The van der Waals surface area contributed by atoms with E-state index in [4.69, 9.17) is 0 Å². The van der Waals surface area contributed by atoms with Gasteiger partial charge in [-0.1, -0.05) is 48.6 Å². The molecule has 2 aliphatic rings. The maximum absolute atomic E-state index is 3.39. The van der Waals surface area contributed by atoms with E-state index in [1.807, 2.05) is 12.1 Å². The van der Waals surface area contributed by atoms with Crippen LogP contribution < -0.4 is 0 Å². The Hall–Kier alpha value is -1.74. The summed E-state index contributed by atoms with van der Waals surface area (Å²) in [7, 11) is 0. The smallest absolute Gasteiger partial charge is 0.0199 e. The van der Waals surface area contributed by atoms with Gasteiger partial charge < -0.3 is 0 Å². The maximum Gasteiger partial charge on any atom is 0.0199 e. The lowest BCUT2D eigenvalue weighted by Gasteiger charge is -2.51. The predicted molar refractivity (Wildman–Crippen MR) is 73.9 cm³/mol. The van der Waals surface area contributed by atoms with E-state index in [-0.39, 0.29) is 5.41 Å². The summed E-state index contributed by atoms with van der Waals surface area (Å²) in [6, 6.07) is 13.6. The lowest BCUT2D eigenvalue weighted by atomic mass is 9.51. The molecular weight excluding hydrogens is 216 g/mol. The van der Waals surface area contributed by atoms with Crippen molar-refractivity contribution in [2.45, 2.75) is 25.2 Å². The predicted octanol–water partition coefficient (Wildman–Crippen LogP) is 4.05. The van der Waals surface area contributed by atoms with Crippen LogP contribution in [0.3, 0.4) is 0 Å². The summed E-state index contributed by atoms with van der Waals surface area (Å²) in [6.07, 6.45) is 15.9. The average Bonchev–Trinajstić information content (AvgIpc) is 2.91. The van der Waals surface area contributed by atoms with Crippen LogP contribution in [0.15, 0.2) is 48.6 Å². The van der Waals surface area contributed by atoms with Crippen molar-refractivity contribution >= 4 is 0 Å². The molecular formula is C18H17. The monoisotopic (exact) mass is 233 g/mol. The first-order valence-corrected chi connectivity index (χ1v) is 6.66. The molecule has 1 aromatic rings. The second-order valence-electron chi connectivity index (χ2n) is 5.13. The fourth-order valence-corrected chi connectivity index (χ4v) is 3.36. The molecule has 0 amide bonds. The summed E-state index contributed by atoms with van der Waals surface area (Å²) < 4.78 is 0. The molecule has 1 aromatic carbocycles. The minimum atomic E-state index is 0.160. The Morgan fingerprint density at radius 3 is 2.67 bits per heavy atom. The molecule has 1 fully saturated rings. The third-order valence-electron chi connectivity index (χ3n) is 4.36. The van der Waals surface area contributed by atoms with Crippen LogP contribution >= 0.6 is 0 Å². The quantitative estimate of drug-likeness (QED) is 0.691. The average molecular weight is 233 g/mol. The van der Waals surface area contributed by atoms with E-state index < -0.39 is 0 Å². The van der Waals surface area contributed by atoms with E-state index in [9.17, 15) is 0 Å². The van der Waals surface area contributed by atoms with Crippen molar-refractivity contribution in [1.82, 2.24) is 0 Å². The van der Waals surface area contributed by atoms with Crippen molar-refractivity contribution in [3.05, 3.63) is 72.4 Å². The van der Waals surface area contributed by atoms with Gasteiger partial charge in [0, 0.05) is 16.9 Å². The van der Waals surface area contributed by atoms with E-state index in [2.05, 4.69) is 61.6 Å². The van der Waals surface area contributed by atoms with Gasteiger partial charge in [-0.05, 0) is 43.9 Å². The van der Waals surface area contributed by atoms with Crippen LogP contribution in [0, 0.1) is 30.0 Å². The second kappa shape index (κ2) is 4.50. The molecule has 89 valence electrons. The Morgan fingerprint density at radius 2 is 2.11 bits per heavy atom. The van der Waals surface area contributed by atoms with Gasteiger partial charge in [0.05, 0.1) is 0 Å². The molecule has 0 bridgehead atoms. The molecule has 2 aliphatic carbocycles. The Kier molecular flexibility index (Phi) is 2.84. The van der Waals surface area contributed by atoms with Crippen LogP contribution in [0.2, 0.25) is 0 Å². The van der Waals surface area contributed by atoms with E-state index >= 15 is 0 Å². The summed E-state index contributed by atoms with van der Waals surface area (Å²) in [5.74, 6) is 1.08. The minimum Gasteiger partial charge on any atom is -0.0914 e. The van der Waals surface area contributed by atoms with Gasteiger partial charge in [0.25, 0.3) is 0 Å². The van der Waals surface area contributed by atoms with Gasteiger partial charge in [-0.2, -0.15) is 0 Å². The highest BCUT2D eigenvalue weighted by atomic mass is 14.5. The summed E-state index contributed by atoms with van der Waals surface area (Å²) in [6.45, 7) is 2.11. The Labute approximate surface area is 110 Å². The fraction of sp³-hybridized carbons (Fsp3) is 0.333. The number of allylic oxidation sites excluding steroid dienone is 6. The Balaban J connectivity index is 2.04. The highest BCUT2D eigenvalue weighted by Crippen LogP contribution is 2.55. The molecule has 2 unspecified atom stereocenters. The molecule has 0 heteroatoms. The zero-order chi connectivity index (χ0) is 12.4. The molecule has 1 radical (unpaired) electrons. The van der Waals surface area contributed by atoms with E-state index in [1.165, 1.54) is 18.4 Å². The molecule has 0 aromatic heterocycles. The van der Waals surface area contributed by atoms with Gasteiger partial charge in [0.1, 0.15) is 0 Å². The lowest BCUT2D eigenvalue weighted by Crippen LogP contribution is -2.48. The lowest BCUT2D eigenvalue weighted by molar-refractivity contribution is 0.132. The van der Waals surface area contributed by atoms with E-state index in [1.54, 1.807) is 0 Å². The maximum atomic E-state index is 3.39. The van der Waals surface area contributed by atoms with Gasteiger partial charge in [0.2, 0.25) is 0 Å². The highest BCUT2D eigenvalue weighted by molar-refractivity contribution is 5.37. The molecule has 0 heterocycles. The molecule has 1 saturated carbocycles. The zero-order valence-electron chi connectivity index (χ0n) is 10.7. The molecule has 0 N–H and O–H groups in total. The molecule has 3 rings (SSSR count). The van der Waals surface area contributed by atoms with Crippen LogP contribution in [-0.4, -0.2) is 0 Å². The molecule has 0 aliphatic heterocycles. The summed E-state index contributed by atoms with van der Waals surface area (Å²) in [4.78, 5) is 0. The largest absolute Gasteiger partial charge is 0.0914 e. The van der Waals surface area contributed by atoms with Crippen molar-refractivity contribution in [1.29, 1.82) is 0 Å². The number of rotatable bonds is 3. The van der Waals surface area contributed by atoms with Crippen molar-refractivity contribution < 1.29 is 0 Å². The Morgan fingerprint density at radius 1 is 1.28 bits per heavy atom. The first-order valence-electron chi connectivity index (χ1n) is 6.66. The number of hydrogen-bond donors (Lipinski definition) is 0. The third-order valence-corrected chi connectivity index (χ3v) is 4.36. The van der Waals surface area contributed by atoms with Crippen LogP contribution in [0.5, 0.6) is 0 Å². The van der Waals surface area contributed by atoms with Crippen molar-refractivity contribution in [2.24, 2.45) is 11.8 Å². The van der Waals surface area contributed by atoms with Gasteiger partial charge in [-0.3, -0.25) is 0 Å². The molecule has 2 atom stereocenters. The minimum absolute atomic E-state index is 0.160. The van der Waals surface area contributed by atoms with E-state index in [0.29, 0.717) is 11.8 Å². The zero-order valence-corrected chi connectivity index (χ0v) is 10.7. The van der Waals surface area contributed by atoms with E-state index in [0.717, 1.165) is 0 Å². The van der Waals surface area contributed by atoms with Crippen LogP contribution in [0.1, 0.15) is 25.3 Å². The van der Waals surface area contributed by atoms with Crippen LogP contribution in [0.4, 0.5) is 0 Å². The third kappa shape index (κ3) is 1.55. The van der Waals surface area contributed by atoms with Crippen molar-refractivity contribution in [3.63, 3.8) is 0 Å². The molecule has 0 saturated heterocycles. The SMILES string of the molecule is C/C=C\C1CCC1(c1c#ccc[c]1)C1C=CC=C1. The Bertz CT molecular complexity index is 480. The molecule has 0 spiro atoms. The van der Waals surface area contributed by atoms with Gasteiger partial charge >= 0.3 is 0 Å². The highest BCUT2D eigenvalue weighted by Gasteiger charge is 2.51. The summed E-state index contributed by atoms with van der Waals surface area (Å²) in [5, 5.41) is 0. The van der Waals surface area contributed by atoms with Gasteiger partial charge in [0.15, 0.2) is 0 Å². The normalized spacial score (nSPS) is 30.6. The van der Waals surface area contributed by atoms with Crippen molar-refractivity contribution in [2.75, 3.05) is 0 Å². The van der Waals surface area contributed by atoms with Crippen LogP contribution in [0.25, 0.3) is 0 Å². The first-order chi connectivity index (χ1) is 8.88. The van der Waals surface area contributed by atoms with Gasteiger partial charge in [-0.15, -0.1) is 0 Å². The van der Waals surface area contributed by atoms with Crippen LogP contribution in [-0.2, 0) is 5.41 Å². The number of hydrogen-bond acceptors (Lipinski definition) is 0.